The van der Waals surface area contributed by atoms with Crippen molar-refractivity contribution in [2.24, 2.45) is 0 Å². The lowest BCUT2D eigenvalue weighted by molar-refractivity contribution is -0.119. The molecule has 4 unspecified atom stereocenters. The molecule has 4 N–H and O–H groups in total. The summed E-state index contributed by atoms with van der Waals surface area (Å²) in [6.07, 6.45) is 0. The van der Waals surface area contributed by atoms with E-state index >= 15 is 8.42 Å². The minimum Gasteiger partial charge on any atom is -0.399 e. The van der Waals surface area contributed by atoms with Crippen molar-refractivity contribution in [2.45, 2.75) is 36.2 Å². The molecule has 4 aromatic carbocycles. The highest BCUT2D eigenvalue weighted by molar-refractivity contribution is 7.92. The summed E-state index contributed by atoms with van der Waals surface area (Å²) < 4.78 is 30.1. The van der Waals surface area contributed by atoms with Gasteiger partial charge in [0.25, 0.3) is 0 Å². The topological polar surface area (TPSA) is 120 Å². The molecule has 0 radical (unpaired) electrons. The molecule has 0 aromatic heterocycles. The highest BCUT2D eigenvalue weighted by Gasteiger charge is 2.47. The highest BCUT2D eigenvalue weighted by atomic mass is 32.2. The third-order valence-electron chi connectivity index (χ3n) is 7.04. The fraction of sp³-hybridized carbons (Fsp3) is 0.188. The van der Waals surface area contributed by atoms with Gasteiger partial charge >= 0.3 is 0 Å². The molecule has 6 nitrogen and oxygen atoms in total. The average Bonchev–Trinajstić information content (AvgIpc) is 2.92. The van der Waals surface area contributed by atoms with Crippen molar-refractivity contribution in [2.75, 3.05) is 11.5 Å². The second-order valence-electron chi connectivity index (χ2n) is 9.76. The van der Waals surface area contributed by atoms with Crippen molar-refractivity contribution in [3.63, 3.8) is 0 Å². The number of benzene rings is 4. The summed E-state index contributed by atoms with van der Waals surface area (Å²) in [4.78, 5) is 26.6. The number of Topliss-reactive ketones (excluding diaryl/α,β-unsaturated/α-hetero) is 2. The maximum atomic E-state index is 15.1. The van der Waals surface area contributed by atoms with Crippen LogP contribution in [0.5, 0.6) is 0 Å². The van der Waals surface area contributed by atoms with Crippen LogP contribution >= 0.6 is 0 Å². The van der Waals surface area contributed by atoms with Gasteiger partial charge in [0.15, 0.2) is 9.84 Å². The molecule has 0 fully saturated rings. The molecule has 39 heavy (non-hydrogen) atoms. The van der Waals surface area contributed by atoms with E-state index in [4.69, 9.17) is 11.5 Å². The molecule has 0 amide bonds. The number of carbonyl (C=O) groups excluding carboxylic acids is 2. The summed E-state index contributed by atoms with van der Waals surface area (Å²) in [5.41, 5.74) is 14.8. The van der Waals surface area contributed by atoms with Gasteiger partial charge in [-0.2, -0.15) is 0 Å². The van der Waals surface area contributed by atoms with Crippen LogP contribution in [0.1, 0.15) is 58.4 Å². The first kappa shape index (κ1) is 27.8. The zero-order chi connectivity index (χ0) is 28.2. The van der Waals surface area contributed by atoms with Crippen molar-refractivity contribution in [3.8, 4) is 0 Å². The van der Waals surface area contributed by atoms with Gasteiger partial charge in [-0.05, 0) is 60.4 Å². The van der Waals surface area contributed by atoms with Gasteiger partial charge in [-0.1, -0.05) is 84.9 Å². The minimum atomic E-state index is -4.28. The normalized spacial score (nSPS) is 14.6. The summed E-state index contributed by atoms with van der Waals surface area (Å²) in [7, 11) is -4.28. The molecule has 0 saturated heterocycles. The smallest absolute Gasteiger partial charge is 0.166 e. The molecule has 0 aliphatic rings. The lowest BCUT2D eigenvalue weighted by atomic mass is 9.87. The van der Waals surface area contributed by atoms with Gasteiger partial charge in [0, 0.05) is 11.4 Å². The van der Waals surface area contributed by atoms with E-state index in [-0.39, 0.29) is 11.6 Å². The van der Waals surface area contributed by atoms with Crippen LogP contribution in [0.4, 0.5) is 11.4 Å². The summed E-state index contributed by atoms with van der Waals surface area (Å²) >= 11 is 0. The number of rotatable bonds is 10. The molecule has 0 aliphatic carbocycles. The van der Waals surface area contributed by atoms with Crippen LogP contribution in [0.15, 0.2) is 109 Å². The zero-order valence-corrected chi connectivity index (χ0v) is 22.7. The second-order valence-corrected chi connectivity index (χ2v) is 12.0. The maximum Gasteiger partial charge on any atom is 0.166 e. The van der Waals surface area contributed by atoms with Crippen molar-refractivity contribution < 1.29 is 18.0 Å². The van der Waals surface area contributed by atoms with Crippen molar-refractivity contribution in [3.05, 3.63) is 131 Å². The van der Waals surface area contributed by atoms with Gasteiger partial charge in [-0.15, -0.1) is 0 Å². The Morgan fingerprint density at radius 3 is 1.10 bits per heavy atom. The number of nitrogens with two attached hydrogens (primary N) is 2. The number of hydrogen-bond acceptors (Lipinski definition) is 6. The molecule has 200 valence electrons. The zero-order valence-electron chi connectivity index (χ0n) is 21.9. The summed E-state index contributed by atoms with van der Waals surface area (Å²) in [6, 6.07) is 30.8. The van der Waals surface area contributed by atoms with Crippen LogP contribution in [-0.2, 0) is 19.4 Å². The first-order chi connectivity index (χ1) is 18.6. The first-order valence-corrected chi connectivity index (χ1v) is 14.3. The number of carbonyl (C=O) groups is 2. The van der Waals surface area contributed by atoms with Gasteiger partial charge in [-0.3, -0.25) is 9.59 Å². The van der Waals surface area contributed by atoms with E-state index in [2.05, 4.69) is 0 Å². The lowest BCUT2D eigenvalue weighted by Gasteiger charge is -2.33. The predicted octanol–water partition coefficient (Wildman–Crippen LogP) is 5.79. The van der Waals surface area contributed by atoms with Gasteiger partial charge in [0.1, 0.15) is 22.1 Å². The molecular formula is C32H32N2O4S. The number of anilines is 2. The van der Waals surface area contributed by atoms with Crippen LogP contribution < -0.4 is 11.5 Å². The number of sulfone groups is 1. The lowest BCUT2D eigenvalue weighted by Crippen LogP contribution is -2.33. The standard InChI is InChI=1S/C32H32N2O4S/c1-21(35)29(23-13-17-27(33)18-14-23)31(25-9-5-3-6-10-25)39(37,38)32(26-11-7-4-8-12-26)30(22(2)36)24-15-19-28(34)20-16-24/h3-20,29-32H,33-34H2,1-2H3. The quantitative estimate of drug-likeness (QED) is 0.246. The monoisotopic (exact) mass is 540 g/mol. The van der Waals surface area contributed by atoms with Crippen molar-refractivity contribution in [1.82, 2.24) is 0 Å². The summed E-state index contributed by atoms with van der Waals surface area (Å²) in [6.45, 7) is 2.79. The molecule has 0 spiro atoms. The van der Waals surface area contributed by atoms with Gasteiger partial charge in [0.05, 0.1) is 11.8 Å². The van der Waals surface area contributed by atoms with E-state index in [9.17, 15) is 9.59 Å². The third-order valence-corrected chi connectivity index (χ3v) is 9.54. The third kappa shape index (κ3) is 5.94. The molecule has 0 heterocycles. The second kappa shape index (κ2) is 11.7. The first-order valence-electron chi connectivity index (χ1n) is 12.7. The summed E-state index contributed by atoms with van der Waals surface area (Å²) in [5.74, 6) is -2.67. The molecule has 0 saturated carbocycles. The SMILES string of the molecule is CC(=O)C(c1ccc(N)cc1)C(c1ccccc1)S(=O)(=O)C(c1ccccc1)C(C(C)=O)c1ccc(N)cc1. The van der Waals surface area contributed by atoms with Crippen LogP contribution in [-0.4, -0.2) is 20.0 Å². The molecule has 4 aromatic rings. The van der Waals surface area contributed by atoms with E-state index < -0.39 is 32.2 Å². The Bertz CT molecular complexity index is 1420. The molecule has 4 atom stereocenters. The van der Waals surface area contributed by atoms with E-state index in [0.29, 0.717) is 33.6 Å². The van der Waals surface area contributed by atoms with E-state index in [1.807, 2.05) is 0 Å². The van der Waals surface area contributed by atoms with Crippen LogP contribution in [0.3, 0.4) is 0 Å². The Morgan fingerprint density at radius 1 is 0.513 bits per heavy atom. The Labute approximate surface area is 229 Å². The van der Waals surface area contributed by atoms with Crippen LogP contribution in [0, 0.1) is 0 Å². The number of hydrogen-bond donors (Lipinski definition) is 2. The minimum absolute atomic E-state index is 0.309. The average molecular weight is 541 g/mol. The largest absolute Gasteiger partial charge is 0.399 e. The van der Waals surface area contributed by atoms with E-state index in [1.165, 1.54) is 13.8 Å². The fourth-order valence-electron chi connectivity index (χ4n) is 5.24. The maximum absolute atomic E-state index is 15.1. The molecule has 4 rings (SSSR count). The highest BCUT2D eigenvalue weighted by Crippen LogP contribution is 2.49. The molecule has 0 bridgehead atoms. The van der Waals surface area contributed by atoms with Gasteiger partial charge in [-0.25, -0.2) is 8.42 Å². The Balaban J connectivity index is 2.02. The molecule has 0 aliphatic heterocycles. The van der Waals surface area contributed by atoms with E-state index in [1.54, 1.807) is 109 Å². The fourth-order valence-corrected chi connectivity index (χ4v) is 8.08. The number of nitrogen functional groups attached to an aromatic ring is 2. The Hall–Kier alpha value is -4.23. The predicted molar refractivity (Wildman–Crippen MR) is 156 cm³/mol. The van der Waals surface area contributed by atoms with Crippen LogP contribution in [0.2, 0.25) is 0 Å². The summed E-state index contributed by atoms with van der Waals surface area (Å²) in [5, 5.41) is -2.53. The van der Waals surface area contributed by atoms with Gasteiger partial charge < -0.3 is 11.5 Å². The molecular weight excluding hydrogens is 508 g/mol. The van der Waals surface area contributed by atoms with Crippen molar-refractivity contribution >= 4 is 32.8 Å². The van der Waals surface area contributed by atoms with Gasteiger partial charge in [0.2, 0.25) is 0 Å². The van der Waals surface area contributed by atoms with E-state index in [0.717, 1.165) is 0 Å². The Kier molecular flexibility index (Phi) is 8.31. The van der Waals surface area contributed by atoms with Crippen molar-refractivity contribution in [1.29, 1.82) is 0 Å². The molecule has 7 heteroatoms. The van der Waals surface area contributed by atoms with Crippen LogP contribution in [0.25, 0.3) is 0 Å². The number of ketones is 2. The Morgan fingerprint density at radius 2 is 0.821 bits per heavy atom.